The molecule has 5 nitrogen and oxygen atoms in total. The summed E-state index contributed by atoms with van der Waals surface area (Å²) in [7, 11) is 0. The van der Waals surface area contributed by atoms with Gasteiger partial charge in [-0.3, -0.25) is 0 Å². The lowest BCUT2D eigenvalue weighted by Crippen LogP contribution is -2.34. The van der Waals surface area contributed by atoms with Crippen molar-refractivity contribution in [2.45, 2.75) is 57.8 Å². The molecule has 1 heterocycles. The Morgan fingerprint density at radius 2 is 2.20 bits per heavy atom. The number of ether oxygens (including phenoxy) is 3. The van der Waals surface area contributed by atoms with Gasteiger partial charge in [0.05, 0.1) is 0 Å². The Labute approximate surface area is 120 Å². The predicted molar refractivity (Wildman–Crippen MR) is 74.2 cm³/mol. The van der Waals surface area contributed by atoms with Gasteiger partial charge in [0.15, 0.2) is 11.9 Å². The summed E-state index contributed by atoms with van der Waals surface area (Å²) in [5.74, 6) is 4.96. The van der Waals surface area contributed by atoms with Gasteiger partial charge < -0.3 is 19.3 Å². The SMILES string of the molecule is CC(C)(OCCCC#CCOC1CCCCO1)C(=O)O. The molecule has 0 spiro atoms. The maximum atomic E-state index is 10.8. The first-order valence-electron chi connectivity index (χ1n) is 7.08. The summed E-state index contributed by atoms with van der Waals surface area (Å²) in [5.41, 5.74) is -1.13. The van der Waals surface area contributed by atoms with Gasteiger partial charge in [0, 0.05) is 19.6 Å². The average Bonchev–Trinajstić information content (AvgIpc) is 2.42. The Morgan fingerprint density at radius 3 is 2.85 bits per heavy atom. The van der Waals surface area contributed by atoms with Crippen LogP contribution in [0.5, 0.6) is 0 Å². The molecular weight excluding hydrogens is 260 g/mol. The molecule has 1 saturated heterocycles. The van der Waals surface area contributed by atoms with Crippen LogP contribution in [0.4, 0.5) is 0 Å². The lowest BCUT2D eigenvalue weighted by molar-refractivity contribution is -0.161. The maximum Gasteiger partial charge on any atom is 0.335 e. The van der Waals surface area contributed by atoms with Crippen LogP contribution in [0.15, 0.2) is 0 Å². The Bertz CT molecular complexity index is 347. The molecule has 0 aromatic carbocycles. The maximum absolute atomic E-state index is 10.8. The molecule has 1 N–H and O–H groups in total. The molecule has 0 amide bonds. The average molecular weight is 284 g/mol. The van der Waals surface area contributed by atoms with E-state index in [-0.39, 0.29) is 6.29 Å². The molecule has 0 radical (unpaired) electrons. The van der Waals surface area contributed by atoms with E-state index in [1.807, 2.05) is 0 Å². The van der Waals surface area contributed by atoms with Crippen molar-refractivity contribution in [2.24, 2.45) is 0 Å². The van der Waals surface area contributed by atoms with Crippen molar-refractivity contribution in [3.8, 4) is 11.8 Å². The molecule has 0 saturated carbocycles. The van der Waals surface area contributed by atoms with Gasteiger partial charge >= 0.3 is 5.97 Å². The number of carbonyl (C=O) groups is 1. The Morgan fingerprint density at radius 1 is 1.40 bits per heavy atom. The third-order valence-corrected chi connectivity index (χ3v) is 3.03. The minimum Gasteiger partial charge on any atom is -0.479 e. The van der Waals surface area contributed by atoms with Gasteiger partial charge in [0.25, 0.3) is 0 Å². The second-order valence-corrected chi connectivity index (χ2v) is 5.23. The zero-order valence-electron chi connectivity index (χ0n) is 12.3. The molecule has 1 aliphatic rings. The van der Waals surface area contributed by atoms with Gasteiger partial charge in [-0.25, -0.2) is 4.79 Å². The van der Waals surface area contributed by atoms with E-state index in [1.54, 1.807) is 13.8 Å². The second-order valence-electron chi connectivity index (χ2n) is 5.23. The van der Waals surface area contributed by atoms with E-state index in [4.69, 9.17) is 19.3 Å². The smallest absolute Gasteiger partial charge is 0.335 e. The summed E-state index contributed by atoms with van der Waals surface area (Å²) >= 11 is 0. The van der Waals surface area contributed by atoms with E-state index in [1.165, 1.54) is 0 Å². The third-order valence-electron chi connectivity index (χ3n) is 3.03. The van der Waals surface area contributed by atoms with Crippen LogP contribution in [0.3, 0.4) is 0 Å². The molecule has 5 heteroatoms. The van der Waals surface area contributed by atoms with Gasteiger partial charge in [-0.05, 0) is 39.5 Å². The highest BCUT2D eigenvalue weighted by Gasteiger charge is 2.27. The minimum atomic E-state index is -1.13. The van der Waals surface area contributed by atoms with E-state index in [0.717, 1.165) is 25.9 Å². The Kier molecular flexibility index (Phi) is 7.60. The summed E-state index contributed by atoms with van der Waals surface area (Å²) in [6, 6.07) is 0. The van der Waals surface area contributed by atoms with Crippen molar-refractivity contribution < 1.29 is 24.1 Å². The molecule has 0 aromatic rings. The van der Waals surface area contributed by atoms with Crippen molar-refractivity contribution >= 4 is 5.97 Å². The molecular formula is C15H24O5. The zero-order chi connectivity index (χ0) is 14.8. The number of carboxylic acid groups (broad SMARTS) is 1. The molecule has 1 atom stereocenters. The Balaban J connectivity index is 2.01. The lowest BCUT2D eigenvalue weighted by atomic mass is 10.1. The van der Waals surface area contributed by atoms with E-state index < -0.39 is 11.6 Å². The normalized spacial score (nSPS) is 19.2. The van der Waals surface area contributed by atoms with Crippen LogP contribution in [-0.4, -0.2) is 42.8 Å². The highest BCUT2D eigenvalue weighted by molar-refractivity contribution is 5.76. The Hall–Kier alpha value is -1.09. The van der Waals surface area contributed by atoms with Gasteiger partial charge in [0.1, 0.15) is 6.61 Å². The molecule has 20 heavy (non-hydrogen) atoms. The summed E-state index contributed by atoms with van der Waals surface area (Å²) in [6.07, 6.45) is 4.49. The van der Waals surface area contributed by atoms with Crippen LogP contribution in [-0.2, 0) is 19.0 Å². The van der Waals surface area contributed by atoms with Gasteiger partial charge in [-0.2, -0.15) is 0 Å². The number of hydrogen-bond acceptors (Lipinski definition) is 4. The first-order valence-corrected chi connectivity index (χ1v) is 7.08. The van der Waals surface area contributed by atoms with Gasteiger partial charge in [-0.1, -0.05) is 5.92 Å². The third kappa shape index (κ3) is 6.90. The highest BCUT2D eigenvalue weighted by Crippen LogP contribution is 2.13. The van der Waals surface area contributed by atoms with Crippen LogP contribution >= 0.6 is 0 Å². The standard InChI is InChI=1S/C15H24O5/c1-15(2,14(16)17)20-12-7-4-3-6-10-18-13-9-5-8-11-19-13/h13H,4-5,7-12H2,1-2H3,(H,16,17). The van der Waals surface area contributed by atoms with Crippen LogP contribution in [0.2, 0.25) is 0 Å². The highest BCUT2D eigenvalue weighted by atomic mass is 16.7. The van der Waals surface area contributed by atoms with Crippen molar-refractivity contribution in [1.82, 2.24) is 0 Å². The number of rotatable bonds is 7. The second kappa shape index (κ2) is 8.96. The molecule has 0 aromatic heterocycles. The molecule has 1 unspecified atom stereocenters. The number of unbranched alkanes of at least 4 members (excludes halogenated alkanes) is 1. The fourth-order valence-corrected chi connectivity index (χ4v) is 1.67. The van der Waals surface area contributed by atoms with Crippen LogP contribution in [0, 0.1) is 11.8 Å². The number of hydrogen-bond donors (Lipinski definition) is 1. The summed E-state index contributed by atoms with van der Waals surface area (Å²) < 4.78 is 16.2. The first kappa shape index (κ1) is 17.0. The topological polar surface area (TPSA) is 65.0 Å². The fraction of sp³-hybridized carbons (Fsp3) is 0.800. The molecule has 0 aliphatic carbocycles. The summed E-state index contributed by atoms with van der Waals surface area (Å²) in [4.78, 5) is 10.8. The van der Waals surface area contributed by atoms with E-state index in [9.17, 15) is 4.79 Å². The van der Waals surface area contributed by atoms with E-state index in [0.29, 0.717) is 26.1 Å². The summed E-state index contributed by atoms with van der Waals surface area (Å²) in [5, 5.41) is 8.86. The van der Waals surface area contributed by atoms with Crippen molar-refractivity contribution in [2.75, 3.05) is 19.8 Å². The molecule has 1 rings (SSSR count). The van der Waals surface area contributed by atoms with Crippen molar-refractivity contribution in [3.63, 3.8) is 0 Å². The van der Waals surface area contributed by atoms with Gasteiger partial charge in [-0.15, -0.1) is 5.92 Å². The number of aliphatic carboxylic acids is 1. The van der Waals surface area contributed by atoms with Crippen LogP contribution in [0.25, 0.3) is 0 Å². The van der Waals surface area contributed by atoms with Crippen molar-refractivity contribution in [1.29, 1.82) is 0 Å². The molecule has 0 bridgehead atoms. The predicted octanol–water partition coefficient (Wildman–Crippen LogP) is 2.19. The first-order chi connectivity index (χ1) is 9.52. The fourth-order valence-electron chi connectivity index (χ4n) is 1.67. The zero-order valence-corrected chi connectivity index (χ0v) is 12.3. The summed E-state index contributed by atoms with van der Waals surface area (Å²) in [6.45, 7) is 4.62. The van der Waals surface area contributed by atoms with Crippen LogP contribution in [0.1, 0.15) is 46.0 Å². The number of carboxylic acids is 1. The molecule has 1 fully saturated rings. The minimum absolute atomic E-state index is 0.0993. The monoisotopic (exact) mass is 284 g/mol. The van der Waals surface area contributed by atoms with E-state index >= 15 is 0 Å². The van der Waals surface area contributed by atoms with Gasteiger partial charge in [0.2, 0.25) is 0 Å². The largest absolute Gasteiger partial charge is 0.479 e. The van der Waals surface area contributed by atoms with E-state index in [2.05, 4.69) is 11.8 Å². The van der Waals surface area contributed by atoms with Crippen LogP contribution < -0.4 is 0 Å². The molecule has 114 valence electrons. The lowest BCUT2D eigenvalue weighted by Gasteiger charge is -2.21. The molecule has 1 aliphatic heterocycles. The quantitative estimate of drug-likeness (QED) is 0.573. The van der Waals surface area contributed by atoms with Crippen molar-refractivity contribution in [3.05, 3.63) is 0 Å².